The highest BCUT2D eigenvalue weighted by molar-refractivity contribution is 6.27. The lowest BCUT2D eigenvalue weighted by Crippen LogP contribution is -1.92. The molecule has 0 nitrogen and oxygen atoms in total. The molecule has 3 rings (SSSR count). The summed E-state index contributed by atoms with van der Waals surface area (Å²) in [5.74, 6) is 0. The van der Waals surface area contributed by atoms with Gasteiger partial charge in [-0.3, -0.25) is 0 Å². The van der Waals surface area contributed by atoms with Gasteiger partial charge >= 0.3 is 0 Å². The van der Waals surface area contributed by atoms with E-state index in [2.05, 4.69) is 68.4 Å². The van der Waals surface area contributed by atoms with Crippen LogP contribution in [0.15, 0.2) is 65.4 Å². The highest BCUT2D eigenvalue weighted by atomic mass is 28.1. The zero-order valence-electron chi connectivity index (χ0n) is 15.9. The van der Waals surface area contributed by atoms with E-state index in [0.717, 1.165) is 6.42 Å². The summed E-state index contributed by atoms with van der Waals surface area (Å²) in [7, 11) is 1.17. The largest absolute Gasteiger partial charge is 0.0837 e. The van der Waals surface area contributed by atoms with Crippen molar-refractivity contribution in [3.63, 3.8) is 0 Å². The average molecular weight is 347 g/mol. The number of unbranched alkanes of at least 4 members (excludes halogenated alkanes) is 1. The molecule has 0 bridgehead atoms. The molecule has 0 unspecified atom stereocenters. The second-order valence-electron chi connectivity index (χ2n) is 7.21. The summed E-state index contributed by atoms with van der Waals surface area (Å²) in [6.07, 6.45) is 7.33. The van der Waals surface area contributed by atoms with Gasteiger partial charge < -0.3 is 0 Å². The zero-order chi connectivity index (χ0) is 17.6. The van der Waals surface area contributed by atoms with Crippen LogP contribution in [0, 0.1) is 0 Å². The van der Waals surface area contributed by atoms with E-state index in [4.69, 9.17) is 0 Å². The van der Waals surface area contributed by atoms with Crippen LogP contribution < -0.4 is 0 Å². The molecule has 0 N–H and O–H groups in total. The molecule has 0 saturated heterocycles. The van der Waals surface area contributed by atoms with Crippen LogP contribution in [0.3, 0.4) is 0 Å². The van der Waals surface area contributed by atoms with E-state index < -0.39 is 0 Å². The third-order valence-electron chi connectivity index (χ3n) is 5.24. The molecule has 0 atom stereocenters. The van der Waals surface area contributed by atoms with Gasteiger partial charge in [-0.2, -0.15) is 0 Å². The molecular formula is C24H30Si. The maximum atomic E-state index is 2.35. The highest BCUT2D eigenvalue weighted by Gasteiger charge is 2.23. The van der Waals surface area contributed by atoms with Gasteiger partial charge in [0, 0.05) is 10.2 Å². The Morgan fingerprint density at radius 1 is 0.800 bits per heavy atom. The van der Waals surface area contributed by atoms with Crippen molar-refractivity contribution < 1.29 is 0 Å². The van der Waals surface area contributed by atoms with E-state index in [-0.39, 0.29) is 0 Å². The third kappa shape index (κ3) is 4.04. The van der Waals surface area contributed by atoms with Gasteiger partial charge in [-0.15, -0.1) is 0 Å². The van der Waals surface area contributed by atoms with Crippen molar-refractivity contribution in [3.8, 4) is 0 Å². The first-order chi connectivity index (χ1) is 12.2. The van der Waals surface area contributed by atoms with Gasteiger partial charge in [-0.05, 0) is 59.1 Å². The summed E-state index contributed by atoms with van der Waals surface area (Å²) in [6, 6.07) is 20.4. The van der Waals surface area contributed by atoms with Crippen LogP contribution in [0.1, 0.15) is 62.6 Å². The van der Waals surface area contributed by atoms with E-state index in [0.29, 0.717) is 0 Å². The number of benzene rings is 2. The van der Waals surface area contributed by atoms with Crippen molar-refractivity contribution in [3.05, 3.63) is 82.1 Å². The third-order valence-corrected chi connectivity index (χ3v) is 6.20. The van der Waals surface area contributed by atoms with Gasteiger partial charge in [-0.1, -0.05) is 86.5 Å². The van der Waals surface area contributed by atoms with Crippen molar-refractivity contribution in [1.82, 2.24) is 0 Å². The quantitative estimate of drug-likeness (QED) is 0.559. The second-order valence-corrected chi connectivity index (χ2v) is 8.41. The van der Waals surface area contributed by atoms with Gasteiger partial charge in [0.05, 0.1) is 0 Å². The summed E-state index contributed by atoms with van der Waals surface area (Å²) >= 11 is 0. The first-order valence-electron chi connectivity index (χ1n) is 9.81. The molecule has 1 aliphatic rings. The van der Waals surface area contributed by atoms with E-state index in [1.165, 1.54) is 64.6 Å². The Morgan fingerprint density at radius 2 is 1.52 bits per heavy atom. The van der Waals surface area contributed by atoms with Gasteiger partial charge in [0.1, 0.15) is 0 Å². The lowest BCUT2D eigenvalue weighted by molar-refractivity contribution is 0.795. The fourth-order valence-corrected chi connectivity index (χ4v) is 4.75. The molecule has 0 aromatic heterocycles. The van der Waals surface area contributed by atoms with Crippen molar-refractivity contribution in [2.75, 3.05) is 0 Å². The van der Waals surface area contributed by atoms with Gasteiger partial charge in [0.15, 0.2) is 0 Å². The molecule has 0 spiro atoms. The lowest BCUT2D eigenvalue weighted by atomic mass is 9.91. The predicted octanol–water partition coefficient (Wildman–Crippen LogP) is 5.76. The van der Waals surface area contributed by atoms with Gasteiger partial charge in [0.25, 0.3) is 0 Å². The lowest BCUT2D eigenvalue weighted by Gasteiger charge is -2.13. The summed E-state index contributed by atoms with van der Waals surface area (Å²) in [6.45, 7) is 4.56. The molecule has 2 aromatic carbocycles. The summed E-state index contributed by atoms with van der Waals surface area (Å²) in [4.78, 5) is 0. The number of rotatable bonds is 7. The fraction of sp³-hybridized carbons (Fsp3) is 0.333. The van der Waals surface area contributed by atoms with E-state index in [1.54, 1.807) is 16.3 Å². The monoisotopic (exact) mass is 346 g/mol. The molecule has 0 radical (unpaired) electrons. The Bertz CT molecular complexity index is 764. The topological polar surface area (TPSA) is 0 Å². The van der Waals surface area contributed by atoms with Crippen molar-refractivity contribution in [2.45, 2.75) is 52.4 Å². The molecule has 2 aromatic rings. The van der Waals surface area contributed by atoms with Gasteiger partial charge in [-0.25, -0.2) is 0 Å². The molecule has 130 valence electrons. The summed E-state index contributed by atoms with van der Waals surface area (Å²) in [5, 5.41) is 1.69. The minimum Gasteiger partial charge on any atom is -0.0837 e. The number of allylic oxidation sites excluding steroid dienone is 4. The molecule has 0 heterocycles. The van der Waals surface area contributed by atoms with Crippen molar-refractivity contribution in [2.24, 2.45) is 0 Å². The van der Waals surface area contributed by atoms with Crippen LogP contribution in [0.4, 0.5) is 0 Å². The molecule has 1 aliphatic carbocycles. The SMILES string of the molecule is CCCCc1ccc(C2=C(c3ccccc3)C(CCC)=C([SiH3])C2)cc1. The minimum atomic E-state index is 1.15. The maximum absolute atomic E-state index is 2.35. The standard InChI is InChI=1S/C24H30Si/c1-3-5-10-18-13-15-19(16-14-18)22-17-23(25)21(9-4-2)24(22)20-11-7-6-8-12-20/h6-8,11-16H,3-5,9-10,17H2,1-2,25H3. The average Bonchev–Trinajstić information content (AvgIpc) is 2.98. The Kier molecular flexibility index (Phi) is 6.09. The first kappa shape index (κ1) is 17.9. The van der Waals surface area contributed by atoms with E-state index >= 15 is 0 Å². The van der Waals surface area contributed by atoms with Crippen LogP contribution in [0.25, 0.3) is 11.1 Å². The minimum absolute atomic E-state index is 1.15. The Morgan fingerprint density at radius 3 is 2.16 bits per heavy atom. The molecule has 0 aliphatic heterocycles. The Balaban J connectivity index is 2.00. The van der Waals surface area contributed by atoms with Crippen LogP contribution in [0.2, 0.25) is 0 Å². The predicted molar refractivity (Wildman–Crippen MR) is 115 cm³/mol. The van der Waals surface area contributed by atoms with Crippen LogP contribution in [-0.4, -0.2) is 10.2 Å². The molecule has 0 amide bonds. The van der Waals surface area contributed by atoms with Crippen LogP contribution >= 0.6 is 0 Å². The second kappa shape index (κ2) is 8.49. The van der Waals surface area contributed by atoms with Crippen molar-refractivity contribution >= 4 is 21.4 Å². The zero-order valence-corrected chi connectivity index (χ0v) is 17.9. The number of hydrogen-bond donors (Lipinski definition) is 0. The van der Waals surface area contributed by atoms with E-state index in [1.807, 2.05) is 0 Å². The maximum Gasteiger partial charge on any atom is 0.0341 e. The molecule has 25 heavy (non-hydrogen) atoms. The highest BCUT2D eigenvalue weighted by Crippen LogP contribution is 2.44. The normalized spacial score (nSPS) is 14.6. The first-order valence-corrected chi connectivity index (χ1v) is 10.8. The smallest absolute Gasteiger partial charge is 0.0341 e. The summed E-state index contributed by atoms with van der Waals surface area (Å²) < 4.78 is 0. The Labute approximate surface area is 156 Å². The van der Waals surface area contributed by atoms with Crippen molar-refractivity contribution in [1.29, 1.82) is 0 Å². The fourth-order valence-electron chi connectivity index (χ4n) is 3.90. The summed E-state index contributed by atoms with van der Waals surface area (Å²) in [5.41, 5.74) is 8.97. The molecular weight excluding hydrogens is 316 g/mol. The molecule has 0 saturated carbocycles. The number of aryl methyl sites for hydroxylation is 1. The van der Waals surface area contributed by atoms with E-state index in [9.17, 15) is 0 Å². The molecule has 0 fully saturated rings. The number of hydrogen-bond acceptors (Lipinski definition) is 0. The van der Waals surface area contributed by atoms with Crippen LogP contribution in [0.5, 0.6) is 0 Å². The van der Waals surface area contributed by atoms with Gasteiger partial charge in [0.2, 0.25) is 0 Å². The van der Waals surface area contributed by atoms with Crippen LogP contribution in [-0.2, 0) is 6.42 Å². The molecule has 1 heteroatoms. The Hall–Kier alpha value is -1.86.